The van der Waals surface area contributed by atoms with E-state index in [1.807, 2.05) is 54.6 Å². The van der Waals surface area contributed by atoms with Crippen molar-refractivity contribution in [1.82, 2.24) is 0 Å². The first kappa shape index (κ1) is 15.4. The van der Waals surface area contributed by atoms with E-state index in [9.17, 15) is 9.59 Å². The summed E-state index contributed by atoms with van der Waals surface area (Å²) in [6.07, 6.45) is 0.429. The number of hydrogen-bond donors (Lipinski definition) is 1. The fourth-order valence-electron chi connectivity index (χ4n) is 3.32. The molecule has 4 rings (SSSR count). The molecule has 4 nitrogen and oxygen atoms in total. The average molecular weight is 331 g/mol. The minimum Gasteiger partial charge on any atom is -0.462 e. The summed E-state index contributed by atoms with van der Waals surface area (Å²) in [5.41, 5.74) is 4.47. The quantitative estimate of drug-likeness (QED) is 0.733. The van der Waals surface area contributed by atoms with Gasteiger partial charge in [-0.15, -0.1) is 0 Å². The minimum atomic E-state index is -0.313. The van der Waals surface area contributed by atoms with E-state index in [1.54, 1.807) is 6.92 Å². The average Bonchev–Trinajstić information content (AvgIpc) is 3.00. The van der Waals surface area contributed by atoms with Crippen LogP contribution in [0.4, 0.5) is 5.69 Å². The number of rotatable bonds is 3. The van der Waals surface area contributed by atoms with Gasteiger partial charge < -0.3 is 10.1 Å². The molecule has 1 heterocycles. The first-order chi connectivity index (χ1) is 12.2. The Morgan fingerprint density at radius 3 is 2.68 bits per heavy atom. The van der Waals surface area contributed by atoms with Gasteiger partial charge in [-0.3, -0.25) is 4.79 Å². The Morgan fingerprint density at radius 2 is 1.88 bits per heavy atom. The fourth-order valence-corrected chi connectivity index (χ4v) is 3.32. The maximum absolute atomic E-state index is 12.2. The van der Waals surface area contributed by atoms with E-state index in [4.69, 9.17) is 4.74 Å². The zero-order chi connectivity index (χ0) is 17.4. The molecule has 1 amide bonds. The second-order valence-electron chi connectivity index (χ2n) is 6.02. The lowest BCUT2D eigenvalue weighted by Crippen LogP contribution is -2.05. The molecule has 4 heteroatoms. The van der Waals surface area contributed by atoms with E-state index in [1.165, 1.54) is 0 Å². The predicted molar refractivity (Wildman–Crippen MR) is 97.7 cm³/mol. The van der Waals surface area contributed by atoms with E-state index >= 15 is 0 Å². The number of esters is 1. The molecule has 1 N–H and O–H groups in total. The Kier molecular flexibility index (Phi) is 3.73. The van der Waals surface area contributed by atoms with Crippen LogP contribution in [-0.2, 0) is 16.0 Å². The van der Waals surface area contributed by atoms with Crippen LogP contribution in [0.2, 0.25) is 0 Å². The number of anilines is 1. The molecule has 0 aliphatic carbocycles. The highest BCUT2D eigenvalue weighted by atomic mass is 16.5. The van der Waals surface area contributed by atoms with Crippen molar-refractivity contribution in [2.75, 3.05) is 11.9 Å². The van der Waals surface area contributed by atoms with Crippen LogP contribution >= 0.6 is 0 Å². The van der Waals surface area contributed by atoms with Gasteiger partial charge in [-0.1, -0.05) is 42.5 Å². The standard InChI is InChI=1S/C21H17NO3/c1-2-25-21(24)18-10-9-15(16-5-3-4-6-17(16)18)13-7-8-14-12-20(23)22-19(14)11-13/h3-11H,2,12H2,1H3,(H,22,23). The third-order valence-corrected chi connectivity index (χ3v) is 4.47. The number of amides is 1. The largest absolute Gasteiger partial charge is 0.462 e. The lowest BCUT2D eigenvalue weighted by molar-refractivity contribution is -0.115. The van der Waals surface area contributed by atoms with Crippen molar-refractivity contribution >= 4 is 28.3 Å². The number of ether oxygens (including phenoxy) is 1. The first-order valence-corrected chi connectivity index (χ1v) is 8.29. The van der Waals surface area contributed by atoms with Gasteiger partial charge in [0.1, 0.15) is 0 Å². The van der Waals surface area contributed by atoms with Crippen molar-refractivity contribution in [2.24, 2.45) is 0 Å². The summed E-state index contributed by atoms with van der Waals surface area (Å²) in [6.45, 7) is 2.15. The zero-order valence-electron chi connectivity index (χ0n) is 13.8. The second kappa shape index (κ2) is 6.06. The van der Waals surface area contributed by atoms with Crippen LogP contribution in [0.5, 0.6) is 0 Å². The summed E-state index contributed by atoms with van der Waals surface area (Å²) in [5, 5.41) is 4.74. The van der Waals surface area contributed by atoms with Crippen molar-refractivity contribution in [3.63, 3.8) is 0 Å². The molecule has 25 heavy (non-hydrogen) atoms. The topological polar surface area (TPSA) is 55.4 Å². The lowest BCUT2D eigenvalue weighted by Gasteiger charge is -2.12. The van der Waals surface area contributed by atoms with Gasteiger partial charge >= 0.3 is 5.97 Å². The van der Waals surface area contributed by atoms with Gasteiger partial charge in [-0.25, -0.2) is 4.79 Å². The molecule has 0 saturated carbocycles. The maximum atomic E-state index is 12.2. The summed E-state index contributed by atoms with van der Waals surface area (Å²) < 4.78 is 5.17. The Labute approximate surface area is 145 Å². The molecule has 0 saturated heterocycles. The third kappa shape index (κ3) is 2.66. The number of fused-ring (bicyclic) bond motifs is 2. The van der Waals surface area contributed by atoms with Crippen LogP contribution < -0.4 is 5.32 Å². The maximum Gasteiger partial charge on any atom is 0.338 e. The summed E-state index contributed by atoms with van der Waals surface area (Å²) in [6, 6.07) is 17.5. The molecular formula is C21H17NO3. The van der Waals surface area contributed by atoms with Crippen molar-refractivity contribution in [3.05, 3.63) is 65.7 Å². The van der Waals surface area contributed by atoms with E-state index in [2.05, 4.69) is 5.32 Å². The van der Waals surface area contributed by atoms with Crippen LogP contribution in [0.25, 0.3) is 21.9 Å². The zero-order valence-corrected chi connectivity index (χ0v) is 13.8. The molecule has 0 aromatic heterocycles. The van der Waals surface area contributed by atoms with Crippen molar-refractivity contribution in [3.8, 4) is 11.1 Å². The van der Waals surface area contributed by atoms with E-state index in [0.717, 1.165) is 33.2 Å². The first-order valence-electron chi connectivity index (χ1n) is 8.29. The van der Waals surface area contributed by atoms with Crippen LogP contribution in [0.3, 0.4) is 0 Å². The Balaban J connectivity index is 1.87. The fraction of sp³-hybridized carbons (Fsp3) is 0.143. The molecule has 1 aliphatic rings. The number of carbonyl (C=O) groups is 2. The van der Waals surface area contributed by atoms with E-state index < -0.39 is 0 Å². The van der Waals surface area contributed by atoms with E-state index in [-0.39, 0.29) is 11.9 Å². The second-order valence-corrected chi connectivity index (χ2v) is 6.02. The minimum absolute atomic E-state index is 0.0228. The van der Waals surface area contributed by atoms with Crippen molar-refractivity contribution in [2.45, 2.75) is 13.3 Å². The SMILES string of the molecule is CCOC(=O)c1ccc(-c2ccc3c(c2)NC(=O)C3)c2ccccc12. The number of carbonyl (C=O) groups excluding carboxylic acids is 2. The van der Waals surface area contributed by atoms with Crippen LogP contribution in [-0.4, -0.2) is 18.5 Å². The van der Waals surface area contributed by atoms with Gasteiger partial charge in [0.25, 0.3) is 0 Å². The monoisotopic (exact) mass is 331 g/mol. The Morgan fingerprint density at radius 1 is 1.08 bits per heavy atom. The van der Waals surface area contributed by atoms with Gasteiger partial charge in [0.2, 0.25) is 5.91 Å². The van der Waals surface area contributed by atoms with Crippen molar-refractivity contribution < 1.29 is 14.3 Å². The van der Waals surface area contributed by atoms with Gasteiger partial charge in [0.15, 0.2) is 0 Å². The van der Waals surface area contributed by atoms with Gasteiger partial charge in [0, 0.05) is 5.69 Å². The molecule has 0 radical (unpaired) electrons. The smallest absolute Gasteiger partial charge is 0.338 e. The Bertz CT molecular complexity index is 1010. The molecule has 0 fully saturated rings. The number of nitrogens with one attached hydrogen (secondary N) is 1. The summed E-state index contributed by atoms with van der Waals surface area (Å²) in [7, 11) is 0. The predicted octanol–water partition coefficient (Wildman–Crippen LogP) is 4.18. The molecule has 3 aromatic carbocycles. The molecule has 3 aromatic rings. The van der Waals surface area contributed by atoms with Gasteiger partial charge in [-0.05, 0) is 46.5 Å². The highest BCUT2D eigenvalue weighted by Gasteiger charge is 2.19. The molecule has 1 aliphatic heterocycles. The molecule has 0 bridgehead atoms. The molecular weight excluding hydrogens is 314 g/mol. The van der Waals surface area contributed by atoms with Crippen LogP contribution in [0.1, 0.15) is 22.8 Å². The molecule has 0 spiro atoms. The number of hydrogen-bond acceptors (Lipinski definition) is 3. The molecule has 0 unspecified atom stereocenters. The Hall–Kier alpha value is -3.14. The highest BCUT2D eigenvalue weighted by Crippen LogP contribution is 2.34. The third-order valence-electron chi connectivity index (χ3n) is 4.47. The van der Waals surface area contributed by atoms with Gasteiger partial charge in [-0.2, -0.15) is 0 Å². The van der Waals surface area contributed by atoms with E-state index in [0.29, 0.717) is 18.6 Å². The van der Waals surface area contributed by atoms with Crippen LogP contribution in [0, 0.1) is 0 Å². The normalized spacial score (nSPS) is 12.8. The molecule has 124 valence electrons. The highest BCUT2D eigenvalue weighted by molar-refractivity contribution is 6.09. The van der Waals surface area contributed by atoms with Crippen LogP contribution in [0.15, 0.2) is 54.6 Å². The van der Waals surface area contributed by atoms with Gasteiger partial charge in [0.05, 0.1) is 18.6 Å². The summed E-state index contributed by atoms with van der Waals surface area (Å²) in [5.74, 6) is -0.291. The lowest BCUT2D eigenvalue weighted by atomic mass is 9.94. The van der Waals surface area contributed by atoms with Crippen molar-refractivity contribution in [1.29, 1.82) is 0 Å². The molecule has 0 atom stereocenters. The summed E-state index contributed by atoms with van der Waals surface area (Å²) in [4.78, 5) is 23.8. The number of benzene rings is 3. The summed E-state index contributed by atoms with van der Waals surface area (Å²) >= 11 is 0.